The molecule has 13 nitrogen and oxygen atoms in total. The Bertz CT molecular complexity index is 5170. The SMILES string of the molecule is CC(C)(c1cccc(C(c2[c-]cccc2)(c2ccccc2)c2ccccc2)n1)N1C=CN(c2ccccc2O)[CH-]1.CC(C)(c1cccc(N(c2[c-]cccc2)c2ccccc2)n1)N1C=CN(c2ccccc2O)[CH-]1.CC(C)(c1cccc([Si](c2[c-]cccc2)(c2ccccc2)c2ccccc2)n1)N1C=CN(c2ccccc2O)[CH-]1.[Pt+2].[Pt+2].[Pt+2]. The third-order valence-electron chi connectivity index (χ3n) is 21.4. The standard InChI is InChI=1S/C36H31N3O.C35H31N3OSi.C29H26N4O.3Pt/c1-35(2,39-26-25-38(27-39)31-21-12-13-22-32(31)40)33-23-14-24-34(37-33)36(28-15-6-3-7-16-28,29-17-8-4-9-18-29)30-19-10-5-11-20-30;1-35(2,38-26-25-37(27-38)31-21-12-13-22-32(31)39)33-23-14-24-34(36-33)40(28-15-6-3-7-16-28,29-17-8-4-9-18-29)30-19-10-5-11-20-30;1-29(2,32-21-20-31(22-32)25-16-9-10-17-26(25)34)27-18-11-19-28(30-27)33(23-12-5-3-6-13-23)24-14-7-4-8-15-24;;;/h3-19,21-27,40H,1-2H3;3-19,21-27,39H,1-2H3;3-14,16-22,34H,1-2H3;;;/q3*-2;3*+2. The summed E-state index contributed by atoms with van der Waals surface area (Å²) >= 11 is 0. The fourth-order valence-electron chi connectivity index (χ4n) is 15.1. The summed E-state index contributed by atoms with van der Waals surface area (Å²) < 4.78 is 0. The van der Waals surface area contributed by atoms with Gasteiger partial charge in [0.15, 0.2) is 8.07 Å². The van der Waals surface area contributed by atoms with Crippen molar-refractivity contribution in [3.8, 4) is 17.2 Å². The zero-order valence-corrected chi connectivity index (χ0v) is 73.3. The maximum atomic E-state index is 10.4. The summed E-state index contributed by atoms with van der Waals surface area (Å²) in [5, 5.41) is 35.8. The number of pyridine rings is 3. The first-order chi connectivity index (χ1) is 55.6. The molecular formula is C100H88N10O3Pt3Si. The first-order valence-corrected chi connectivity index (χ1v) is 40.1. The van der Waals surface area contributed by atoms with Crippen LogP contribution in [0.3, 0.4) is 0 Å². The molecule has 0 radical (unpaired) electrons. The molecule has 0 spiro atoms. The number of benzene rings is 11. The fourth-order valence-corrected chi connectivity index (χ4v) is 19.6. The zero-order valence-electron chi connectivity index (χ0n) is 65.4. The molecule has 3 aliphatic heterocycles. The number of aromatic hydroxyl groups is 3. The summed E-state index contributed by atoms with van der Waals surface area (Å²) in [6.07, 6.45) is 11.9. The summed E-state index contributed by atoms with van der Waals surface area (Å²) in [7, 11) is -2.78. The third-order valence-corrected chi connectivity index (χ3v) is 26.0. The van der Waals surface area contributed by atoms with Crippen LogP contribution in [0, 0.1) is 38.2 Å². The van der Waals surface area contributed by atoms with E-state index in [2.05, 4.69) is 261 Å². The molecular weight excluding hydrogens is 2000 g/mol. The minimum atomic E-state index is -2.78. The van der Waals surface area contributed by atoms with E-state index in [1.54, 1.807) is 18.2 Å². The van der Waals surface area contributed by atoms with Gasteiger partial charge in [-0.1, -0.05) is 200 Å². The van der Waals surface area contributed by atoms with Crippen molar-refractivity contribution in [2.24, 2.45) is 0 Å². The van der Waals surface area contributed by atoms with Crippen molar-refractivity contribution in [3.63, 3.8) is 0 Å². The summed E-state index contributed by atoms with van der Waals surface area (Å²) in [6, 6.07) is 129. The van der Waals surface area contributed by atoms with Gasteiger partial charge in [-0.15, -0.1) is 31.6 Å². The van der Waals surface area contributed by atoms with Gasteiger partial charge in [-0.2, -0.15) is 90.1 Å². The van der Waals surface area contributed by atoms with Crippen molar-refractivity contribution in [2.75, 3.05) is 19.6 Å². The second-order valence-electron chi connectivity index (χ2n) is 29.5. The van der Waals surface area contributed by atoms with E-state index in [1.165, 1.54) is 15.6 Å². The van der Waals surface area contributed by atoms with Crippen molar-refractivity contribution < 1.29 is 78.5 Å². The average molecular weight is 2090 g/mol. The molecule has 590 valence electrons. The molecule has 17 heteroatoms. The van der Waals surface area contributed by atoms with Gasteiger partial charge in [0, 0.05) is 11.0 Å². The van der Waals surface area contributed by atoms with Crippen molar-refractivity contribution in [3.05, 3.63) is 467 Å². The molecule has 3 aromatic heterocycles. The normalized spacial score (nSPS) is 13.1. The Morgan fingerprint density at radius 2 is 0.692 bits per heavy atom. The maximum absolute atomic E-state index is 10.4. The first-order valence-electron chi connectivity index (χ1n) is 38.1. The molecule has 3 aliphatic rings. The topological polar surface area (TPSA) is 122 Å². The number of hydrogen-bond donors (Lipinski definition) is 3. The Balaban J connectivity index is 0.000000160. The molecule has 117 heavy (non-hydrogen) atoms. The van der Waals surface area contributed by atoms with Gasteiger partial charge in [0.25, 0.3) is 0 Å². The Hall–Kier alpha value is -11.6. The quantitative estimate of drug-likeness (QED) is 0.0382. The van der Waals surface area contributed by atoms with Gasteiger partial charge in [0.2, 0.25) is 0 Å². The van der Waals surface area contributed by atoms with Crippen molar-refractivity contribution >= 4 is 63.2 Å². The third kappa shape index (κ3) is 17.4. The van der Waals surface area contributed by atoms with E-state index in [0.717, 1.165) is 79.0 Å². The Morgan fingerprint density at radius 3 is 1.12 bits per heavy atom. The van der Waals surface area contributed by atoms with E-state index in [4.69, 9.17) is 15.0 Å². The molecule has 0 amide bonds. The van der Waals surface area contributed by atoms with Crippen molar-refractivity contribution in [1.29, 1.82) is 0 Å². The minimum absolute atomic E-state index is 0. The largest absolute Gasteiger partial charge is 2.00 e. The number of anilines is 6. The summed E-state index contributed by atoms with van der Waals surface area (Å²) in [5.74, 6) is 1.53. The van der Waals surface area contributed by atoms with E-state index in [0.29, 0.717) is 0 Å². The van der Waals surface area contributed by atoms with Gasteiger partial charge < -0.3 is 49.6 Å². The molecule has 0 atom stereocenters. The van der Waals surface area contributed by atoms with Gasteiger partial charge in [-0.25, -0.2) is 4.98 Å². The average Bonchev–Trinajstić information content (AvgIpc) is 0.941. The second kappa shape index (κ2) is 37.5. The van der Waals surface area contributed by atoms with E-state index in [-0.39, 0.29) is 80.4 Å². The molecule has 0 bridgehead atoms. The predicted octanol–water partition coefficient (Wildman–Crippen LogP) is 18.9. The summed E-state index contributed by atoms with van der Waals surface area (Å²) in [6.45, 7) is 18.9. The van der Waals surface area contributed by atoms with Crippen LogP contribution in [-0.4, -0.2) is 53.0 Å². The first kappa shape index (κ1) is 84.8. The van der Waals surface area contributed by atoms with E-state index in [1.807, 2.05) is 224 Å². The zero-order chi connectivity index (χ0) is 78.7. The van der Waals surface area contributed by atoms with Crippen molar-refractivity contribution in [2.45, 2.75) is 63.6 Å². The van der Waals surface area contributed by atoms with Crippen molar-refractivity contribution in [1.82, 2.24) is 29.7 Å². The number of phenols is 3. The van der Waals surface area contributed by atoms with Crippen LogP contribution >= 0.6 is 0 Å². The number of para-hydroxylation sites is 8. The number of rotatable bonds is 20. The molecule has 14 aromatic rings. The molecule has 0 unspecified atom stereocenters. The van der Waals surface area contributed by atoms with Crippen LogP contribution in [0.15, 0.2) is 389 Å². The van der Waals surface area contributed by atoms with Crippen LogP contribution in [0.25, 0.3) is 0 Å². The van der Waals surface area contributed by atoms with Crippen LogP contribution in [0.4, 0.5) is 34.3 Å². The van der Waals surface area contributed by atoms with Crippen LogP contribution in [0.5, 0.6) is 17.2 Å². The van der Waals surface area contributed by atoms with Gasteiger partial charge in [-0.3, -0.25) is 9.97 Å². The van der Waals surface area contributed by atoms with Gasteiger partial charge in [0.05, 0.1) is 61.9 Å². The summed E-state index contributed by atoms with van der Waals surface area (Å²) in [4.78, 5) is 30.3. The van der Waals surface area contributed by atoms with Gasteiger partial charge in [0.1, 0.15) is 23.1 Å². The predicted molar refractivity (Wildman–Crippen MR) is 463 cm³/mol. The van der Waals surface area contributed by atoms with E-state index >= 15 is 0 Å². The molecule has 11 aromatic carbocycles. The number of hydrogen-bond acceptors (Lipinski definition) is 13. The van der Waals surface area contributed by atoms with Crippen LogP contribution < -0.4 is 40.5 Å². The smallest absolute Gasteiger partial charge is 0.506 e. The van der Waals surface area contributed by atoms with E-state index < -0.39 is 30.1 Å². The van der Waals surface area contributed by atoms with E-state index in [9.17, 15) is 15.3 Å². The number of phenolic OH excluding ortho intramolecular Hbond substituents is 3. The molecule has 0 aliphatic carbocycles. The molecule has 0 saturated heterocycles. The molecule has 0 saturated carbocycles. The maximum Gasteiger partial charge on any atom is 2.00 e. The van der Waals surface area contributed by atoms with Gasteiger partial charge >= 0.3 is 63.2 Å². The minimum Gasteiger partial charge on any atom is -0.506 e. The van der Waals surface area contributed by atoms with Crippen LogP contribution in [-0.2, 0) is 85.2 Å². The van der Waals surface area contributed by atoms with Crippen LogP contribution in [0.1, 0.15) is 81.0 Å². The molecule has 17 rings (SSSR count). The summed E-state index contributed by atoms with van der Waals surface area (Å²) in [5.41, 5.74) is 9.13. The van der Waals surface area contributed by atoms with Crippen LogP contribution in [0.2, 0.25) is 0 Å². The molecule has 3 N–H and O–H groups in total. The Kier molecular flexibility index (Phi) is 27.2. The molecule has 0 fully saturated rings. The molecule has 6 heterocycles. The Morgan fingerprint density at radius 1 is 0.325 bits per heavy atom. The second-order valence-corrected chi connectivity index (χ2v) is 33.2. The monoisotopic (exact) mass is 2090 g/mol. The fraction of sp³-hybridized carbons (Fsp3) is 0.100. The Labute approximate surface area is 732 Å². The number of nitrogens with zero attached hydrogens (tertiary/aromatic N) is 10. The number of aromatic nitrogens is 3. The van der Waals surface area contributed by atoms with Gasteiger partial charge in [-0.05, 0) is 185 Å².